The van der Waals surface area contributed by atoms with Crippen molar-refractivity contribution >= 4 is 50.9 Å². The second kappa shape index (κ2) is 9.05. The highest BCUT2D eigenvalue weighted by molar-refractivity contribution is 9.11. The van der Waals surface area contributed by atoms with Crippen molar-refractivity contribution in [3.8, 4) is 0 Å². The predicted molar refractivity (Wildman–Crippen MR) is 107 cm³/mol. The van der Waals surface area contributed by atoms with E-state index >= 15 is 0 Å². The number of esters is 2. The quantitative estimate of drug-likeness (QED) is 0.652. The molecule has 0 atom stereocenters. The van der Waals surface area contributed by atoms with Gasteiger partial charge in [-0.2, -0.15) is 0 Å². The van der Waals surface area contributed by atoms with Crippen molar-refractivity contribution in [1.29, 1.82) is 0 Å². The summed E-state index contributed by atoms with van der Waals surface area (Å²) in [6.07, 6.45) is 2.76. The predicted octanol–water partition coefficient (Wildman–Crippen LogP) is 4.32. The van der Waals surface area contributed by atoms with Crippen LogP contribution in [0.25, 0.3) is 0 Å². The monoisotopic (exact) mass is 460 g/mol. The fraction of sp³-hybridized carbons (Fsp3) is 0.611. The maximum Gasteiger partial charge on any atom is 0.350 e. The molecule has 0 bridgehead atoms. The Labute approximate surface area is 171 Å². The Balaban J connectivity index is 1.85. The van der Waals surface area contributed by atoms with Crippen molar-refractivity contribution in [3.63, 3.8) is 0 Å². The molecule has 0 radical (unpaired) electrons. The summed E-state index contributed by atoms with van der Waals surface area (Å²) in [5.74, 6) is -0.792. The summed E-state index contributed by atoms with van der Waals surface area (Å²) in [5, 5.41) is 5.60. The maximum absolute atomic E-state index is 12.3. The van der Waals surface area contributed by atoms with E-state index in [1.165, 1.54) is 18.4 Å². The van der Waals surface area contributed by atoms with Crippen LogP contribution in [-0.2, 0) is 14.3 Å². The van der Waals surface area contributed by atoms with Crippen LogP contribution in [0.15, 0.2) is 9.85 Å². The Morgan fingerprint density at radius 2 is 1.81 bits per heavy atom. The molecule has 2 rings (SSSR count). The van der Waals surface area contributed by atoms with Crippen LogP contribution in [0.3, 0.4) is 0 Å². The van der Waals surface area contributed by atoms with E-state index in [0.29, 0.717) is 36.2 Å². The van der Waals surface area contributed by atoms with E-state index in [-0.39, 0.29) is 24.0 Å². The molecule has 1 aromatic heterocycles. The zero-order chi connectivity index (χ0) is 20.2. The lowest BCUT2D eigenvalue weighted by molar-refractivity contribution is -0.161. The topological polar surface area (TPSA) is 93.7 Å². The minimum atomic E-state index is -0.501. The molecule has 1 fully saturated rings. The molecule has 0 spiro atoms. The van der Waals surface area contributed by atoms with Gasteiger partial charge >= 0.3 is 18.0 Å². The first kappa shape index (κ1) is 21.7. The number of rotatable bonds is 4. The molecule has 1 aliphatic rings. The van der Waals surface area contributed by atoms with Gasteiger partial charge in [-0.05, 0) is 68.5 Å². The van der Waals surface area contributed by atoms with Crippen molar-refractivity contribution in [2.24, 2.45) is 5.92 Å². The van der Waals surface area contributed by atoms with E-state index in [4.69, 9.17) is 9.47 Å². The Morgan fingerprint density at radius 1 is 1.19 bits per heavy atom. The van der Waals surface area contributed by atoms with E-state index in [9.17, 15) is 14.4 Å². The van der Waals surface area contributed by atoms with Crippen LogP contribution in [0.1, 0.15) is 56.1 Å². The molecular weight excluding hydrogens is 436 g/mol. The minimum absolute atomic E-state index is 0.0210. The van der Waals surface area contributed by atoms with E-state index in [2.05, 4.69) is 26.6 Å². The summed E-state index contributed by atoms with van der Waals surface area (Å²) >= 11 is 4.50. The summed E-state index contributed by atoms with van der Waals surface area (Å²) in [5.41, 5.74) is -0.0863. The van der Waals surface area contributed by atoms with E-state index in [0.717, 1.165) is 3.79 Å². The third-order valence-electron chi connectivity index (χ3n) is 4.12. The van der Waals surface area contributed by atoms with E-state index < -0.39 is 11.6 Å². The third-order valence-corrected chi connectivity index (χ3v) is 5.74. The normalized spacial score (nSPS) is 19.9. The van der Waals surface area contributed by atoms with E-state index in [1.807, 2.05) is 20.8 Å². The first-order valence-electron chi connectivity index (χ1n) is 8.77. The Morgan fingerprint density at radius 3 is 2.37 bits per heavy atom. The lowest BCUT2D eigenvalue weighted by Crippen LogP contribution is -2.41. The number of carbonyl (C=O) groups excluding carboxylic acids is 3. The molecule has 0 saturated heterocycles. The fourth-order valence-corrected chi connectivity index (χ4v) is 4.37. The number of ether oxygens (including phenoxy) is 2. The highest BCUT2D eigenvalue weighted by Gasteiger charge is 2.30. The van der Waals surface area contributed by atoms with Crippen molar-refractivity contribution in [2.45, 2.75) is 58.1 Å². The van der Waals surface area contributed by atoms with Gasteiger partial charge in [0, 0.05) is 6.04 Å². The van der Waals surface area contributed by atoms with Crippen LogP contribution in [0, 0.1) is 5.92 Å². The van der Waals surface area contributed by atoms with Crippen LogP contribution < -0.4 is 10.6 Å². The second-order valence-corrected chi connectivity index (χ2v) is 9.90. The highest BCUT2D eigenvalue weighted by atomic mass is 79.9. The number of thiophene rings is 1. The zero-order valence-corrected chi connectivity index (χ0v) is 18.3. The molecule has 0 aliphatic heterocycles. The van der Waals surface area contributed by atoms with Crippen molar-refractivity contribution in [1.82, 2.24) is 5.32 Å². The van der Waals surface area contributed by atoms with Crippen LogP contribution in [0.5, 0.6) is 0 Å². The lowest BCUT2D eigenvalue weighted by atomic mass is 9.86. The summed E-state index contributed by atoms with van der Waals surface area (Å²) in [6, 6.07) is 1.26. The van der Waals surface area contributed by atoms with Gasteiger partial charge in [-0.15, -0.1) is 11.3 Å². The first-order chi connectivity index (χ1) is 12.6. The Hall–Kier alpha value is -1.61. The molecule has 0 unspecified atom stereocenters. The SMILES string of the molecule is COC(=O)c1sc(Br)cc1NC(=O)NC1CCC(C(=O)OC(C)(C)C)CC1. The van der Waals surface area contributed by atoms with Gasteiger partial charge in [0.25, 0.3) is 0 Å². The number of halogens is 1. The van der Waals surface area contributed by atoms with Gasteiger partial charge in [0.2, 0.25) is 0 Å². The van der Waals surface area contributed by atoms with Crippen LogP contribution in [0.2, 0.25) is 0 Å². The average Bonchev–Trinajstić information content (AvgIpc) is 2.93. The van der Waals surface area contributed by atoms with Gasteiger partial charge in [-0.25, -0.2) is 9.59 Å². The number of anilines is 1. The van der Waals surface area contributed by atoms with Gasteiger partial charge in [0.05, 0.1) is 22.5 Å². The van der Waals surface area contributed by atoms with Crippen molar-refractivity contribution < 1.29 is 23.9 Å². The average molecular weight is 461 g/mol. The van der Waals surface area contributed by atoms with Crippen molar-refractivity contribution in [2.75, 3.05) is 12.4 Å². The number of carbonyl (C=O) groups is 3. The smallest absolute Gasteiger partial charge is 0.350 e. The van der Waals surface area contributed by atoms with Gasteiger partial charge < -0.3 is 20.1 Å². The highest BCUT2D eigenvalue weighted by Crippen LogP contribution is 2.32. The summed E-state index contributed by atoms with van der Waals surface area (Å²) in [4.78, 5) is 36.5. The maximum atomic E-state index is 12.3. The third kappa shape index (κ3) is 6.49. The molecule has 1 heterocycles. The van der Waals surface area contributed by atoms with Gasteiger partial charge in [0.15, 0.2) is 0 Å². The van der Waals surface area contributed by atoms with Crippen molar-refractivity contribution in [3.05, 3.63) is 14.7 Å². The molecule has 1 saturated carbocycles. The van der Waals surface area contributed by atoms with Gasteiger partial charge in [-0.3, -0.25) is 4.79 Å². The van der Waals surface area contributed by atoms with Gasteiger partial charge in [-0.1, -0.05) is 0 Å². The molecule has 27 heavy (non-hydrogen) atoms. The molecule has 0 aromatic carbocycles. The molecule has 1 aliphatic carbocycles. The molecule has 2 N–H and O–H groups in total. The first-order valence-corrected chi connectivity index (χ1v) is 10.4. The molecule has 1 aromatic rings. The van der Waals surface area contributed by atoms with Crippen LogP contribution in [0.4, 0.5) is 10.5 Å². The number of nitrogens with one attached hydrogen (secondary N) is 2. The Bertz CT molecular complexity index is 705. The van der Waals surface area contributed by atoms with Crippen LogP contribution in [-0.4, -0.2) is 36.7 Å². The summed E-state index contributed by atoms with van der Waals surface area (Å²) in [7, 11) is 1.29. The van der Waals surface area contributed by atoms with Crippen LogP contribution >= 0.6 is 27.3 Å². The molecule has 7 nitrogen and oxygen atoms in total. The summed E-state index contributed by atoms with van der Waals surface area (Å²) in [6.45, 7) is 5.56. The second-order valence-electron chi connectivity index (χ2n) is 7.47. The standard InChI is InChI=1S/C18H25BrN2O5S/c1-18(2,3)26-15(22)10-5-7-11(8-6-10)20-17(24)21-12-9-13(19)27-14(12)16(23)25-4/h9-11H,5-8H2,1-4H3,(H2,20,21,24). The van der Waals surface area contributed by atoms with Gasteiger partial charge in [0.1, 0.15) is 10.5 Å². The largest absolute Gasteiger partial charge is 0.465 e. The Kier molecular flexibility index (Phi) is 7.27. The minimum Gasteiger partial charge on any atom is -0.465 e. The lowest BCUT2D eigenvalue weighted by Gasteiger charge is -2.30. The number of methoxy groups -OCH3 is 1. The fourth-order valence-electron chi connectivity index (χ4n) is 2.90. The molecule has 150 valence electrons. The molecular formula is C18H25BrN2O5S. The van der Waals surface area contributed by atoms with E-state index in [1.54, 1.807) is 6.07 Å². The zero-order valence-electron chi connectivity index (χ0n) is 15.9. The molecule has 9 heteroatoms. The number of hydrogen-bond acceptors (Lipinski definition) is 6. The summed E-state index contributed by atoms with van der Waals surface area (Å²) < 4.78 is 10.9. The number of hydrogen-bond donors (Lipinski definition) is 2. The molecule has 2 amide bonds. The number of urea groups is 1. The number of amides is 2.